The van der Waals surface area contributed by atoms with E-state index in [-0.39, 0.29) is 16.9 Å². The summed E-state index contributed by atoms with van der Waals surface area (Å²) in [4.78, 5) is 34.1. The molecule has 1 aromatic heterocycles. The second kappa shape index (κ2) is 9.24. The van der Waals surface area contributed by atoms with E-state index in [2.05, 4.69) is 9.88 Å². The molecular formula is C26H25N3O5. The van der Waals surface area contributed by atoms with Crippen LogP contribution in [0.15, 0.2) is 66.5 Å². The van der Waals surface area contributed by atoms with E-state index in [9.17, 15) is 19.8 Å². The van der Waals surface area contributed by atoms with E-state index < -0.39 is 23.5 Å². The first kappa shape index (κ1) is 22.1. The average molecular weight is 460 g/mol. The van der Waals surface area contributed by atoms with Crippen LogP contribution in [0.4, 0.5) is 0 Å². The van der Waals surface area contributed by atoms with Crippen LogP contribution in [0.2, 0.25) is 0 Å². The summed E-state index contributed by atoms with van der Waals surface area (Å²) in [6, 6.07) is 13.2. The van der Waals surface area contributed by atoms with Gasteiger partial charge in [-0.1, -0.05) is 36.4 Å². The topological polar surface area (TPSA) is 103 Å². The Hall–Kier alpha value is -3.75. The van der Waals surface area contributed by atoms with Crippen molar-refractivity contribution in [1.29, 1.82) is 0 Å². The standard InChI is InChI=1S/C26H25N3O5/c30-23-19-6-2-1-4-17(19)7-8-20(23)24(31)21-22(18-5-3-9-27-16-18)29(26(33)25(21)32)11-10-28-12-14-34-15-13-28/h1-9,16,22,30-31H,10-15H2/t22-/m1/s1. The Balaban J connectivity index is 1.58. The highest BCUT2D eigenvalue weighted by Crippen LogP contribution is 2.41. The molecule has 5 rings (SSSR count). The van der Waals surface area contributed by atoms with Gasteiger partial charge in [-0.25, -0.2) is 0 Å². The molecule has 8 heteroatoms. The van der Waals surface area contributed by atoms with Gasteiger partial charge in [-0.15, -0.1) is 0 Å². The summed E-state index contributed by atoms with van der Waals surface area (Å²) in [7, 11) is 0. The fraction of sp³-hybridized carbons (Fsp3) is 0.269. The van der Waals surface area contributed by atoms with Crippen molar-refractivity contribution in [3.05, 3.63) is 77.6 Å². The quantitative estimate of drug-likeness (QED) is 0.344. The Labute approximate surface area is 196 Å². The van der Waals surface area contributed by atoms with Gasteiger partial charge >= 0.3 is 0 Å². The van der Waals surface area contributed by atoms with Gasteiger partial charge in [0.1, 0.15) is 11.5 Å². The number of aromatic hydroxyl groups is 1. The number of fused-ring (bicyclic) bond motifs is 1. The number of ether oxygens (including phenoxy) is 1. The molecule has 2 aromatic carbocycles. The summed E-state index contributed by atoms with van der Waals surface area (Å²) in [5, 5.41) is 23.5. The Morgan fingerprint density at radius 2 is 1.82 bits per heavy atom. The zero-order chi connectivity index (χ0) is 23.7. The second-order valence-electron chi connectivity index (χ2n) is 8.42. The van der Waals surface area contributed by atoms with E-state index in [0.717, 1.165) is 18.5 Å². The van der Waals surface area contributed by atoms with E-state index >= 15 is 0 Å². The Bertz CT molecular complexity index is 1270. The summed E-state index contributed by atoms with van der Waals surface area (Å²) < 4.78 is 5.39. The number of phenolic OH excluding ortho intramolecular Hbond substituents is 1. The van der Waals surface area contributed by atoms with E-state index in [1.165, 1.54) is 4.90 Å². The lowest BCUT2D eigenvalue weighted by molar-refractivity contribution is -0.140. The third-order valence-corrected chi connectivity index (χ3v) is 6.46. The number of pyridine rings is 1. The molecule has 0 spiro atoms. The summed E-state index contributed by atoms with van der Waals surface area (Å²) in [6.45, 7) is 3.66. The van der Waals surface area contributed by atoms with Gasteiger partial charge in [0.05, 0.1) is 30.4 Å². The highest BCUT2D eigenvalue weighted by Gasteiger charge is 2.46. The van der Waals surface area contributed by atoms with Crippen molar-refractivity contribution in [2.75, 3.05) is 39.4 Å². The van der Waals surface area contributed by atoms with Crippen molar-refractivity contribution in [3.63, 3.8) is 0 Å². The number of hydrogen-bond acceptors (Lipinski definition) is 7. The lowest BCUT2D eigenvalue weighted by Gasteiger charge is -2.30. The average Bonchev–Trinajstić information content (AvgIpc) is 3.13. The van der Waals surface area contributed by atoms with Crippen LogP contribution in [0.3, 0.4) is 0 Å². The Morgan fingerprint density at radius 1 is 1.03 bits per heavy atom. The third-order valence-electron chi connectivity index (χ3n) is 6.46. The number of carbonyl (C=O) groups is 2. The minimum Gasteiger partial charge on any atom is -0.507 e. The fourth-order valence-corrected chi connectivity index (χ4v) is 4.66. The number of nitrogens with zero attached hydrogens (tertiary/aromatic N) is 3. The molecule has 0 aliphatic carbocycles. The lowest BCUT2D eigenvalue weighted by atomic mass is 9.95. The molecule has 2 aliphatic heterocycles. The number of morpholine rings is 1. The molecule has 3 heterocycles. The molecule has 8 nitrogen and oxygen atoms in total. The molecule has 2 N–H and O–H groups in total. The van der Waals surface area contributed by atoms with E-state index in [1.807, 2.05) is 12.1 Å². The Morgan fingerprint density at radius 3 is 2.59 bits per heavy atom. The van der Waals surface area contributed by atoms with Crippen molar-refractivity contribution >= 4 is 28.2 Å². The van der Waals surface area contributed by atoms with Crippen LogP contribution >= 0.6 is 0 Å². The van der Waals surface area contributed by atoms with Crippen LogP contribution in [0.1, 0.15) is 17.2 Å². The normalized spacial score (nSPS) is 20.8. The lowest BCUT2D eigenvalue weighted by Crippen LogP contribution is -2.42. The number of benzene rings is 2. The largest absolute Gasteiger partial charge is 0.507 e. The zero-order valence-electron chi connectivity index (χ0n) is 18.6. The van der Waals surface area contributed by atoms with Crippen molar-refractivity contribution in [2.45, 2.75) is 6.04 Å². The van der Waals surface area contributed by atoms with Gasteiger partial charge in [-0.3, -0.25) is 19.5 Å². The first-order valence-corrected chi connectivity index (χ1v) is 11.3. The van der Waals surface area contributed by atoms with E-state index in [4.69, 9.17) is 4.74 Å². The number of amides is 1. The number of aromatic nitrogens is 1. The van der Waals surface area contributed by atoms with Crippen LogP contribution < -0.4 is 0 Å². The van der Waals surface area contributed by atoms with Crippen LogP contribution in [0, 0.1) is 0 Å². The van der Waals surface area contributed by atoms with Gasteiger partial charge in [0.15, 0.2) is 0 Å². The SMILES string of the molecule is O=C1C(=O)N(CCN2CCOCC2)[C@H](c2cccnc2)C1=C(O)c1ccc2ccccc2c1O. The van der Waals surface area contributed by atoms with Crippen LogP contribution in [0.5, 0.6) is 5.75 Å². The molecule has 2 saturated heterocycles. The number of aliphatic hydroxyl groups is 1. The van der Waals surface area contributed by atoms with Crippen LogP contribution in [0.25, 0.3) is 16.5 Å². The number of phenols is 1. The van der Waals surface area contributed by atoms with Crippen molar-refractivity contribution in [2.24, 2.45) is 0 Å². The zero-order valence-corrected chi connectivity index (χ0v) is 18.6. The summed E-state index contributed by atoms with van der Waals surface area (Å²) in [5.41, 5.74) is 0.676. The first-order chi connectivity index (χ1) is 16.6. The molecule has 34 heavy (non-hydrogen) atoms. The summed E-state index contributed by atoms with van der Waals surface area (Å²) in [5.74, 6) is -1.99. The van der Waals surface area contributed by atoms with Gasteiger partial charge in [0.25, 0.3) is 11.7 Å². The molecule has 1 amide bonds. The summed E-state index contributed by atoms with van der Waals surface area (Å²) >= 11 is 0. The van der Waals surface area contributed by atoms with Gasteiger partial charge in [-0.05, 0) is 23.1 Å². The van der Waals surface area contributed by atoms with Gasteiger partial charge in [-0.2, -0.15) is 0 Å². The van der Waals surface area contributed by atoms with E-state index in [0.29, 0.717) is 37.3 Å². The molecule has 2 fully saturated rings. The monoisotopic (exact) mass is 459 g/mol. The van der Waals surface area contributed by atoms with Crippen LogP contribution in [-0.4, -0.2) is 76.1 Å². The molecule has 0 bridgehead atoms. The number of rotatable bonds is 5. The smallest absolute Gasteiger partial charge is 0.295 e. The highest BCUT2D eigenvalue weighted by molar-refractivity contribution is 6.46. The third kappa shape index (κ3) is 3.91. The van der Waals surface area contributed by atoms with Gasteiger partial charge in [0.2, 0.25) is 0 Å². The maximum Gasteiger partial charge on any atom is 0.295 e. The fourth-order valence-electron chi connectivity index (χ4n) is 4.66. The predicted octanol–water partition coefficient (Wildman–Crippen LogP) is 2.69. The maximum absolute atomic E-state index is 13.2. The van der Waals surface area contributed by atoms with Crippen molar-refractivity contribution < 1.29 is 24.5 Å². The van der Waals surface area contributed by atoms with Crippen molar-refractivity contribution in [3.8, 4) is 5.75 Å². The number of Topliss-reactive ketones (excluding diaryl/α,β-unsaturated/α-hetero) is 1. The number of ketones is 1. The molecule has 0 radical (unpaired) electrons. The highest BCUT2D eigenvalue weighted by atomic mass is 16.5. The molecule has 3 aromatic rings. The number of likely N-dealkylation sites (tertiary alicyclic amines) is 1. The van der Waals surface area contributed by atoms with E-state index in [1.54, 1.807) is 48.8 Å². The molecular weight excluding hydrogens is 434 g/mol. The number of carbonyl (C=O) groups excluding carboxylic acids is 2. The maximum atomic E-state index is 13.2. The Kier molecular flexibility index (Phi) is 6.00. The van der Waals surface area contributed by atoms with Crippen molar-refractivity contribution in [1.82, 2.24) is 14.8 Å². The number of aliphatic hydroxyl groups excluding tert-OH is 1. The van der Waals surface area contributed by atoms with Gasteiger partial charge < -0.3 is 19.8 Å². The second-order valence-corrected chi connectivity index (χ2v) is 8.42. The first-order valence-electron chi connectivity index (χ1n) is 11.3. The molecule has 0 saturated carbocycles. The summed E-state index contributed by atoms with van der Waals surface area (Å²) in [6.07, 6.45) is 3.20. The molecule has 174 valence electrons. The minimum atomic E-state index is -0.805. The number of hydrogen-bond donors (Lipinski definition) is 2. The molecule has 1 atom stereocenters. The molecule has 2 aliphatic rings. The van der Waals surface area contributed by atoms with Gasteiger partial charge in [0, 0.05) is 44.0 Å². The minimum absolute atomic E-state index is 0.0504. The predicted molar refractivity (Wildman–Crippen MR) is 126 cm³/mol. The van der Waals surface area contributed by atoms with Crippen LogP contribution in [-0.2, 0) is 14.3 Å². The molecule has 0 unspecified atom stereocenters.